The fourth-order valence-corrected chi connectivity index (χ4v) is 2.55. The van der Waals surface area contributed by atoms with Crippen molar-refractivity contribution in [2.45, 2.75) is 25.4 Å². The smallest absolute Gasteiger partial charge is 0.260 e. The first-order valence-corrected chi connectivity index (χ1v) is 8.40. The number of benzene rings is 1. The van der Waals surface area contributed by atoms with Gasteiger partial charge in [0.1, 0.15) is 11.3 Å². The van der Waals surface area contributed by atoms with Gasteiger partial charge in [0.05, 0.1) is 12.7 Å². The Kier molecular flexibility index (Phi) is 5.06. The Bertz CT molecular complexity index is 869. The van der Waals surface area contributed by atoms with E-state index in [0.717, 1.165) is 24.2 Å². The Morgan fingerprint density at radius 3 is 2.58 bits per heavy atom. The Morgan fingerprint density at radius 1 is 1.27 bits per heavy atom. The number of methoxy groups -OCH3 is 1. The second-order valence-electron chi connectivity index (χ2n) is 6.39. The zero-order chi connectivity index (χ0) is 18.7. The highest BCUT2D eigenvalue weighted by molar-refractivity contribution is 5.99. The number of carbonyl (C=O) groups excluding carboxylic acids is 2. The highest BCUT2D eigenvalue weighted by atomic mass is 16.5. The molecule has 0 bridgehead atoms. The van der Waals surface area contributed by atoms with Crippen molar-refractivity contribution in [2.24, 2.45) is 0 Å². The molecule has 26 heavy (non-hydrogen) atoms. The van der Waals surface area contributed by atoms with Crippen molar-refractivity contribution in [2.75, 3.05) is 14.2 Å². The van der Waals surface area contributed by atoms with Gasteiger partial charge in [-0.25, -0.2) is 0 Å². The van der Waals surface area contributed by atoms with Crippen LogP contribution >= 0.6 is 0 Å². The fourth-order valence-electron chi connectivity index (χ4n) is 2.55. The summed E-state index contributed by atoms with van der Waals surface area (Å²) in [5, 5.41) is 2.84. The van der Waals surface area contributed by atoms with E-state index in [1.807, 2.05) is 24.3 Å². The number of hydrogen-bond donors (Lipinski definition) is 2. The number of aromatic amines is 1. The number of H-pyrrole nitrogens is 1. The van der Waals surface area contributed by atoms with Crippen molar-refractivity contribution in [1.29, 1.82) is 0 Å². The molecule has 0 saturated heterocycles. The van der Waals surface area contributed by atoms with E-state index >= 15 is 0 Å². The molecule has 1 fully saturated rings. The number of nitrogens with one attached hydrogen (secondary N) is 2. The second-order valence-corrected chi connectivity index (χ2v) is 6.39. The first-order valence-electron chi connectivity index (χ1n) is 8.40. The van der Waals surface area contributed by atoms with Crippen LogP contribution in [-0.4, -0.2) is 41.9 Å². The average Bonchev–Trinajstić information content (AvgIpc) is 3.46. The van der Waals surface area contributed by atoms with Crippen molar-refractivity contribution in [1.82, 2.24) is 15.2 Å². The van der Waals surface area contributed by atoms with E-state index in [-0.39, 0.29) is 23.1 Å². The normalized spacial score (nSPS) is 13.2. The molecule has 0 atom stereocenters. The van der Waals surface area contributed by atoms with Crippen LogP contribution in [0.2, 0.25) is 0 Å². The van der Waals surface area contributed by atoms with E-state index < -0.39 is 11.5 Å². The van der Waals surface area contributed by atoms with E-state index in [1.165, 1.54) is 17.2 Å². The predicted molar refractivity (Wildman–Crippen MR) is 96.3 cm³/mol. The van der Waals surface area contributed by atoms with E-state index in [1.54, 1.807) is 14.2 Å². The quantitative estimate of drug-likeness (QED) is 0.822. The van der Waals surface area contributed by atoms with Crippen LogP contribution in [0.1, 0.15) is 39.1 Å². The maximum Gasteiger partial charge on any atom is 0.260 e. The lowest BCUT2D eigenvalue weighted by Crippen LogP contribution is -2.33. The summed E-state index contributed by atoms with van der Waals surface area (Å²) in [7, 11) is 3.20. The molecule has 0 spiro atoms. The van der Waals surface area contributed by atoms with Crippen LogP contribution in [0.3, 0.4) is 0 Å². The van der Waals surface area contributed by atoms with Gasteiger partial charge in [-0.05, 0) is 36.6 Å². The first-order chi connectivity index (χ1) is 12.5. The Hall–Kier alpha value is -3.09. The van der Waals surface area contributed by atoms with Crippen LogP contribution in [0.25, 0.3) is 0 Å². The summed E-state index contributed by atoms with van der Waals surface area (Å²) in [6.45, 7) is 0.334. The molecule has 1 aliphatic rings. The van der Waals surface area contributed by atoms with Gasteiger partial charge in [-0.2, -0.15) is 0 Å². The zero-order valence-electron chi connectivity index (χ0n) is 14.7. The van der Waals surface area contributed by atoms with Crippen molar-refractivity contribution in [3.63, 3.8) is 0 Å². The minimum atomic E-state index is -0.514. The molecule has 2 N–H and O–H groups in total. The number of ether oxygens (including phenoxy) is 1. The number of carbonyl (C=O) groups is 2. The lowest BCUT2D eigenvalue weighted by Gasteiger charge is -2.17. The molecular formula is C19H21N3O4. The Balaban J connectivity index is 1.74. The molecule has 2 amide bonds. The molecule has 1 heterocycles. The van der Waals surface area contributed by atoms with E-state index in [0.29, 0.717) is 6.54 Å². The SMILES string of the molecule is COc1ccc(CN(C)C(=O)c2cc(C(=O)NC3CC3)c[nH]c2=O)cc1. The molecule has 0 unspecified atom stereocenters. The lowest BCUT2D eigenvalue weighted by molar-refractivity contribution is 0.0783. The van der Waals surface area contributed by atoms with Crippen LogP contribution in [0.4, 0.5) is 0 Å². The van der Waals surface area contributed by atoms with Gasteiger partial charge in [-0.1, -0.05) is 12.1 Å². The molecule has 0 radical (unpaired) electrons. The number of pyridine rings is 1. The predicted octanol–water partition coefficient (Wildman–Crippen LogP) is 1.55. The summed E-state index contributed by atoms with van der Waals surface area (Å²) in [6, 6.07) is 8.88. The van der Waals surface area contributed by atoms with Gasteiger partial charge in [-0.15, -0.1) is 0 Å². The van der Waals surface area contributed by atoms with Crippen molar-refractivity contribution >= 4 is 11.8 Å². The van der Waals surface area contributed by atoms with Crippen LogP contribution in [0.15, 0.2) is 41.3 Å². The van der Waals surface area contributed by atoms with Crippen LogP contribution in [0, 0.1) is 0 Å². The molecule has 1 aromatic heterocycles. The highest BCUT2D eigenvalue weighted by Crippen LogP contribution is 2.19. The molecule has 136 valence electrons. The molecule has 3 rings (SSSR count). The van der Waals surface area contributed by atoms with Gasteiger partial charge in [0.25, 0.3) is 17.4 Å². The molecule has 0 aliphatic heterocycles. The highest BCUT2D eigenvalue weighted by Gasteiger charge is 2.25. The maximum atomic E-state index is 12.7. The van der Waals surface area contributed by atoms with Crippen molar-refractivity contribution in [3.8, 4) is 5.75 Å². The van der Waals surface area contributed by atoms with E-state index in [4.69, 9.17) is 4.74 Å². The lowest BCUT2D eigenvalue weighted by atomic mass is 10.1. The number of rotatable bonds is 6. The average molecular weight is 355 g/mol. The molecule has 1 saturated carbocycles. The van der Waals surface area contributed by atoms with Crippen LogP contribution < -0.4 is 15.6 Å². The Morgan fingerprint density at radius 2 is 1.96 bits per heavy atom. The third-order valence-electron chi connectivity index (χ3n) is 4.23. The van der Waals surface area contributed by atoms with Gasteiger partial charge < -0.3 is 19.9 Å². The second kappa shape index (κ2) is 7.43. The fraction of sp³-hybridized carbons (Fsp3) is 0.316. The van der Waals surface area contributed by atoms with E-state index in [2.05, 4.69) is 10.3 Å². The molecule has 2 aromatic rings. The molecular weight excluding hydrogens is 334 g/mol. The standard InChI is InChI=1S/C19H21N3O4/c1-22(11-12-3-7-15(26-2)8-4-12)19(25)16-9-13(10-20-18(16)24)17(23)21-14-5-6-14/h3-4,7-10,14H,5-6,11H2,1-2H3,(H,20,24)(H,21,23). The molecule has 1 aliphatic carbocycles. The summed E-state index contributed by atoms with van der Waals surface area (Å²) < 4.78 is 5.11. The number of hydrogen-bond acceptors (Lipinski definition) is 4. The maximum absolute atomic E-state index is 12.7. The number of nitrogens with zero attached hydrogens (tertiary/aromatic N) is 1. The monoisotopic (exact) mass is 355 g/mol. The third kappa shape index (κ3) is 4.11. The van der Waals surface area contributed by atoms with Gasteiger partial charge in [0, 0.05) is 25.8 Å². The van der Waals surface area contributed by atoms with Crippen LogP contribution in [0.5, 0.6) is 5.75 Å². The summed E-state index contributed by atoms with van der Waals surface area (Å²) in [5.41, 5.74) is 0.613. The van der Waals surface area contributed by atoms with Gasteiger partial charge in [-0.3, -0.25) is 14.4 Å². The van der Waals surface area contributed by atoms with Crippen molar-refractivity contribution in [3.05, 3.63) is 63.6 Å². The number of amides is 2. The first kappa shape index (κ1) is 17.7. The van der Waals surface area contributed by atoms with Gasteiger partial charge in [0.15, 0.2) is 0 Å². The van der Waals surface area contributed by atoms with E-state index in [9.17, 15) is 14.4 Å². The van der Waals surface area contributed by atoms with Gasteiger partial charge >= 0.3 is 0 Å². The largest absolute Gasteiger partial charge is 0.497 e. The van der Waals surface area contributed by atoms with Gasteiger partial charge in [0.2, 0.25) is 0 Å². The topological polar surface area (TPSA) is 91.5 Å². The third-order valence-corrected chi connectivity index (χ3v) is 4.23. The summed E-state index contributed by atoms with van der Waals surface area (Å²) in [5.74, 6) is 0.00676. The van der Waals surface area contributed by atoms with Crippen LogP contribution in [-0.2, 0) is 6.54 Å². The summed E-state index contributed by atoms with van der Waals surface area (Å²) in [6.07, 6.45) is 3.26. The minimum Gasteiger partial charge on any atom is -0.497 e. The molecule has 7 nitrogen and oxygen atoms in total. The Labute approximate surface area is 151 Å². The molecule has 7 heteroatoms. The zero-order valence-corrected chi connectivity index (χ0v) is 14.7. The molecule has 1 aromatic carbocycles. The van der Waals surface area contributed by atoms with Crippen molar-refractivity contribution < 1.29 is 14.3 Å². The minimum absolute atomic E-state index is 0.0514. The summed E-state index contributed by atoms with van der Waals surface area (Å²) in [4.78, 5) is 40.8. The number of aromatic nitrogens is 1. The summed E-state index contributed by atoms with van der Waals surface area (Å²) >= 11 is 0.